The first kappa shape index (κ1) is 17.3. The van der Waals surface area contributed by atoms with Gasteiger partial charge in [-0.3, -0.25) is 14.6 Å². The van der Waals surface area contributed by atoms with E-state index in [4.69, 9.17) is 4.84 Å². The lowest BCUT2D eigenvalue weighted by Gasteiger charge is -2.39. The Morgan fingerprint density at radius 2 is 1.96 bits per heavy atom. The number of carbonyl (C=O) groups is 1. The fourth-order valence-electron chi connectivity index (χ4n) is 4.94. The Balaban J connectivity index is 1.23. The number of oxime groups is 1. The molecule has 1 N–H and O–H groups in total. The van der Waals surface area contributed by atoms with Gasteiger partial charge in [0.05, 0.1) is 5.71 Å². The number of piperidine rings is 3. The Labute approximate surface area is 150 Å². The molecule has 25 heavy (non-hydrogen) atoms. The zero-order valence-electron chi connectivity index (χ0n) is 15.3. The summed E-state index contributed by atoms with van der Waals surface area (Å²) in [4.78, 5) is 22.5. The molecule has 6 nitrogen and oxygen atoms in total. The van der Waals surface area contributed by atoms with Crippen molar-refractivity contribution < 1.29 is 9.63 Å². The molecule has 4 saturated heterocycles. The number of fused-ring (bicyclic) bond motifs is 2. The molecule has 0 bridgehead atoms. The molecule has 4 rings (SSSR count). The number of nitrogens with one attached hydrogen (secondary N) is 1. The average Bonchev–Trinajstić information content (AvgIpc) is 2.83. The maximum atomic E-state index is 11.6. The molecule has 4 aliphatic heterocycles. The van der Waals surface area contributed by atoms with E-state index in [1.54, 1.807) is 0 Å². The van der Waals surface area contributed by atoms with Gasteiger partial charge in [0.25, 0.3) is 0 Å². The molecule has 4 heterocycles. The monoisotopic (exact) mass is 348 g/mol. The normalized spacial score (nSPS) is 36.2. The van der Waals surface area contributed by atoms with Crippen molar-refractivity contribution in [3.8, 4) is 0 Å². The molecule has 1 amide bonds. The van der Waals surface area contributed by atoms with Gasteiger partial charge in [-0.1, -0.05) is 11.6 Å². The van der Waals surface area contributed by atoms with Crippen LogP contribution in [-0.4, -0.2) is 72.8 Å². The van der Waals surface area contributed by atoms with Crippen molar-refractivity contribution >= 4 is 11.6 Å². The molecule has 0 aromatic rings. The first-order valence-electron chi connectivity index (χ1n) is 10.2. The minimum absolute atomic E-state index is 0.197. The number of hydrogen-bond donors (Lipinski definition) is 1. The summed E-state index contributed by atoms with van der Waals surface area (Å²) in [5.74, 6) is 0.742. The van der Waals surface area contributed by atoms with Gasteiger partial charge in [-0.05, 0) is 32.2 Å². The van der Waals surface area contributed by atoms with Gasteiger partial charge in [-0.15, -0.1) is 0 Å². The molecule has 0 aliphatic carbocycles. The second-order valence-electron chi connectivity index (χ2n) is 8.24. The van der Waals surface area contributed by atoms with Crippen LogP contribution in [0.4, 0.5) is 0 Å². The number of rotatable bonds is 3. The SMILES string of the molecule is O=C1CCN2CC(CO/N=C3\CCN4CCCCC4C3)CCC2CN1. The molecule has 140 valence electrons. The average molecular weight is 348 g/mol. The highest BCUT2D eigenvalue weighted by atomic mass is 16.6. The van der Waals surface area contributed by atoms with E-state index in [1.807, 2.05) is 0 Å². The van der Waals surface area contributed by atoms with Gasteiger partial charge in [-0.2, -0.15) is 0 Å². The third-order valence-corrected chi connectivity index (χ3v) is 6.49. The topological polar surface area (TPSA) is 57.2 Å². The van der Waals surface area contributed by atoms with Crippen molar-refractivity contribution in [2.75, 3.05) is 39.3 Å². The molecule has 0 aromatic heterocycles. The summed E-state index contributed by atoms with van der Waals surface area (Å²) in [6.07, 6.45) is 9.19. The minimum Gasteiger partial charge on any atom is -0.396 e. The summed E-state index contributed by atoms with van der Waals surface area (Å²) in [7, 11) is 0. The van der Waals surface area contributed by atoms with Crippen molar-refractivity contribution in [3.63, 3.8) is 0 Å². The summed E-state index contributed by atoms with van der Waals surface area (Å²) in [5, 5.41) is 7.54. The smallest absolute Gasteiger partial charge is 0.221 e. The summed E-state index contributed by atoms with van der Waals surface area (Å²) in [6, 6.07) is 1.23. The van der Waals surface area contributed by atoms with E-state index in [9.17, 15) is 4.79 Å². The predicted octanol–water partition coefficient (Wildman–Crippen LogP) is 1.61. The summed E-state index contributed by atoms with van der Waals surface area (Å²) >= 11 is 0. The highest BCUT2D eigenvalue weighted by Gasteiger charge is 2.31. The first-order valence-corrected chi connectivity index (χ1v) is 10.2. The molecule has 4 aliphatic rings. The Hall–Kier alpha value is -1.14. The number of carbonyl (C=O) groups excluding carboxylic acids is 1. The Bertz CT molecular complexity index is 510. The fourth-order valence-corrected chi connectivity index (χ4v) is 4.94. The zero-order chi connectivity index (χ0) is 17.1. The Kier molecular flexibility index (Phi) is 5.56. The Morgan fingerprint density at radius 1 is 1.04 bits per heavy atom. The summed E-state index contributed by atoms with van der Waals surface area (Å²) in [6.45, 7) is 5.90. The minimum atomic E-state index is 0.197. The molecular weight excluding hydrogens is 316 g/mol. The van der Waals surface area contributed by atoms with E-state index in [0.717, 1.165) is 52.0 Å². The van der Waals surface area contributed by atoms with E-state index < -0.39 is 0 Å². The quantitative estimate of drug-likeness (QED) is 0.787. The summed E-state index contributed by atoms with van der Waals surface area (Å²) < 4.78 is 0. The van der Waals surface area contributed by atoms with Gasteiger partial charge < -0.3 is 10.2 Å². The highest BCUT2D eigenvalue weighted by Crippen LogP contribution is 2.26. The van der Waals surface area contributed by atoms with Crippen LogP contribution >= 0.6 is 0 Å². The third kappa shape index (κ3) is 4.34. The van der Waals surface area contributed by atoms with Gasteiger partial charge in [0.15, 0.2) is 0 Å². The van der Waals surface area contributed by atoms with Crippen molar-refractivity contribution in [1.29, 1.82) is 0 Å². The maximum absolute atomic E-state index is 11.6. The maximum Gasteiger partial charge on any atom is 0.221 e. The van der Waals surface area contributed by atoms with Gasteiger partial charge in [0.1, 0.15) is 6.61 Å². The van der Waals surface area contributed by atoms with Crippen LogP contribution < -0.4 is 5.32 Å². The van der Waals surface area contributed by atoms with E-state index >= 15 is 0 Å². The van der Waals surface area contributed by atoms with E-state index in [2.05, 4.69) is 20.3 Å². The van der Waals surface area contributed by atoms with E-state index in [0.29, 0.717) is 24.4 Å². The number of hydrogen-bond acceptors (Lipinski definition) is 5. The Morgan fingerprint density at radius 3 is 2.92 bits per heavy atom. The third-order valence-electron chi connectivity index (χ3n) is 6.49. The largest absolute Gasteiger partial charge is 0.396 e. The van der Waals surface area contributed by atoms with Crippen LogP contribution in [0.15, 0.2) is 5.16 Å². The van der Waals surface area contributed by atoms with Crippen LogP contribution in [0.5, 0.6) is 0 Å². The van der Waals surface area contributed by atoms with Crippen LogP contribution in [0.3, 0.4) is 0 Å². The van der Waals surface area contributed by atoms with Crippen LogP contribution in [0.2, 0.25) is 0 Å². The second kappa shape index (κ2) is 8.04. The molecule has 3 unspecified atom stereocenters. The fraction of sp³-hybridized carbons (Fsp3) is 0.895. The predicted molar refractivity (Wildman–Crippen MR) is 97.5 cm³/mol. The molecule has 0 aromatic carbocycles. The van der Waals surface area contributed by atoms with Crippen LogP contribution in [0, 0.1) is 5.92 Å². The molecule has 0 spiro atoms. The molecular formula is C19H32N4O2. The van der Waals surface area contributed by atoms with Crippen LogP contribution in [0.1, 0.15) is 51.4 Å². The summed E-state index contributed by atoms with van der Waals surface area (Å²) in [5.41, 5.74) is 1.27. The molecule has 6 heteroatoms. The molecule has 3 atom stereocenters. The lowest BCUT2D eigenvalue weighted by molar-refractivity contribution is -0.120. The standard InChI is InChI=1S/C19H32N4O2/c24-19-7-10-23-13-15(4-5-18(23)12-20-19)14-25-21-16-6-9-22-8-2-1-3-17(22)11-16/h15,17-18H,1-14H2,(H,20,24)/b21-16+. The van der Waals surface area contributed by atoms with E-state index in [1.165, 1.54) is 37.9 Å². The van der Waals surface area contributed by atoms with Crippen molar-refractivity contribution in [2.24, 2.45) is 11.1 Å². The molecule has 0 saturated carbocycles. The van der Waals surface area contributed by atoms with E-state index in [-0.39, 0.29) is 5.91 Å². The van der Waals surface area contributed by atoms with Crippen LogP contribution in [-0.2, 0) is 9.63 Å². The van der Waals surface area contributed by atoms with Gasteiger partial charge >= 0.3 is 0 Å². The molecule has 0 radical (unpaired) electrons. The van der Waals surface area contributed by atoms with Gasteiger partial charge in [0.2, 0.25) is 5.91 Å². The molecule has 4 fully saturated rings. The first-order chi connectivity index (χ1) is 12.3. The van der Waals surface area contributed by atoms with Crippen molar-refractivity contribution in [2.45, 2.75) is 63.5 Å². The van der Waals surface area contributed by atoms with Crippen molar-refractivity contribution in [1.82, 2.24) is 15.1 Å². The van der Waals surface area contributed by atoms with Crippen molar-refractivity contribution in [3.05, 3.63) is 0 Å². The zero-order valence-corrected chi connectivity index (χ0v) is 15.3. The van der Waals surface area contributed by atoms with Gasteiger partial charge in [-0.25, -0.2) is 0 Å². The van der Waals surface area contributed by atoms with Crippen LogP contribution in [0.25, 0.3) is 0 Å². The lowest BCUT2D eigenvalue weighted by atomic mass is 9.92. The number of amides is 1. The number of nitrogens with zero attached hydrogens (tertiary/aromatic N) is 3. The second-order valence-corrected chi connectivity index (χ2v) is 8.24. The highest BCUT2D eigenvalue weighted by molar-refractivity contribution is 5.85. The lowest BCUT2D eigenvalue weighted by Crippen LogP contribution is -2.47. The van der Waals surface area contributed by atoms with Gasteiger partial charge in [0, 0.05) is 63.4 Å².